The molecule has 1 aliphatic rings. The van der Waals surface area contributed by atoms with Gasteiger partial charge in [0.05, 0.1) is 0 Å². The summed E-state index contributed by atoms with van der Waals surface area (Å²) in [5.74, 6) is 0. The quantitative estimate of drug-likeness (QED) is 0.341. The Kier molecular flexibility index (Phi) is 4.98. The first-order chi connectivity index (χ1) is 14.9. The molecule has 0 aromatic heterocycles. The molecule has 0 spiro atoms. The second-order valence-electron chi connectivity index (χ2n) is 7.37. The molecule has 4 aromatic rings. The summed E-state index contributed by atoms with van der Waals surface area (Å²) in [4.78, 5) is 0. The lowest BCUT2D eigenvalue weighted by Crippen LogP contribution is -2.05. The van der Waals surface area contributed by atoms with Crippen molar-refractivity contribution in [2.45, 2.75) is 0 Å². The molecule has 0 unspecified atom stereocenters. The third-order valence-corrected chi connectivity index (χ3v) is 5.50. The van der Waals surface area contributed by atoms with E-state index in [9.17, 15) is 0 Å². The van der Waals surface area contributed by atoms with Gasteiger partial charge in [0.2, 0.25) is 0 Å². The molecule has 0 saturated heterocycles. The van der Waals surface area contributed by atoms with Crippen LogP contribution in [0.1, 0.15) is 22.3 Å². The average Bonchev–Trinajstić information content (AvgIpc) is 2.82. The van der Waals surface area contributed by atoms with Gasteiger partial charge in [-0.15, -0.1) is 0 Å². The van der Waals surface area contributed by atoms with E-state index in [-0.39, 0.29) is 0 Å². The fraction of sp³-hybridized carbons (Fsp3) is 0. The highest BCUT2D eigenvalue weighted by Crippen LogP contribution is 2.42. The lowest BCUT2D eigenvalue weighted by atomic mass is 9.79. The van der Waals surface area contributed by atoms with Crippen molar-refractivity contribution in [1.82, 2.24) is 0 Å². The Bertz CT molecular complexity index is 1040. The van der Waals surface area contributed by atoms with Gasteiger partial charge in [-0.05, 0) is 44.5 Å². The zero-order valence-electron chi connectivity index (χ0n) is 16.7. The molecule has 0 atom stereocenters. The first kappa shape index (κ1) is 18.1. The van der Waals surface area contributed by atoms with Crippen LogP contribution >= 0.6 is 0 Å². The van der Waals surface area contributed by atoms with E-state index >= 15 is 0 Å². The van der Waals surface area contributed by atoms with Gasteiger partial charge in [0.25, 0.3) is 0 Å². The SMILES string of the molecule is C1=CC(=C(c2ccccc2)c2ccccc2)C1=C(c1ccccc1)c1ccccc1. The van der Waals surface area contributed by atoms with Crippen LogP contribution in [-0.2, 0) is 0 Å². The Labute approximate surface area is 178 Å². The van der Waals surface area contributed by atoms with Gasteiger partial charge in [0.1, 0.15) is 0 Å². The molecule has 5 rings (SSSR count). The predicted octanol–water partition coefficient (Wildman–Crippen LogP) is 7.56. The average molecular weight is 383 g/mol. The van der Waals surface area contributed by atoms with E-state index in [2.05, 4.69) is 133 Å². The third kappa shape index (κ3) is 3.44. The Morgan fingerprint density at radius 3 is 0.733 bits per heavy atom. The highest BCUT2D eigenvalue weighted by molar-refractivity contribution is 5.97. The summed E-state index contributed by atoms with van der Waals surface area (Å²) in [5.41, 5.74) is 10.1. The molecule has 0 nitrogen and oxygen atoms in total. The molecule has 142 valence electrons. The van der Waals surface area contributed by atoms with Crippen molar-refractivity contribution in [2.24, 2.45) is 0 Å². The number of hydrogen-bond donors (Lipinski definition) is 0. The molecule has 0 fully saturated rings. The van der Waals surface area contributed by atoms with Crippen LogP contribution in [0, 0.1) is 0 Å². The largest absolute Gasteiger partial charge is 0.0622 e. The van der Waals surface area contributed by atoms with Gasteiger partial charge in [-0.25, -0.2) is 0 Å². The molecule has 0 aliphatic heterocycles. The van der Waals surface area contributed by atoms with Crippen LogP contribution in [0.15, 0.2) is 145 Å². The molecule has 1 aliphatic carbocycles. The predicted molar refractivity (Wildman–Crippen MR) is 127 cm³/mol. The molecule has 0 N–H and O–H groups in total. The molecule has 4 aromatic carbocycles. The van der Waals surface area contributed by atoms with Gasteiger partial charge >= 0.3 is 0 Å². The summed E-state index contributed by atoms with van der Waals surface area (Å²) in [6.45, 7) is 0. The second kappa shape index (κ2) is 8.23. The molecule has 0 heteroatoms. The molecular formula is C30H22. The zero-order valence-corrected chi connectivity index (χ0v) is 16.7. The third-order valence-electron chi connectivity index (χ3n) is 5.50. The molecule has 0 amide bonds. The summed E-state index contributed by atoms with van der Waals surface area (Å²) in [6.07, 6.45) is 4.49. The van der Waals surface area contributed by atoms with Gasteiger partial charge < -0.3 is 0 Å². The van der Waals surface area contributed by atoms with Crippen LogP contribution in [0.2, 0.25) is 0 Å². The number of benzene rings is 4. The van der Waals surface area contributed by atoms with Crippen molar-refractivity contribution in [2.75, 3.05) is 0 Å². The first-order valence-corrected chi connectivity index (χ1v) is 10.3. The van der Waals surface area contributed by atoms with Crippen LogP contribution in [0.3, 0.4) is 0 Å². The molecular weight excluding hydrogens is 360 g/mol. The van der Waals surface area contributed by atoms with E-state index in [0.29, 0.717) is 0 Å². The van der Waals surface area contributed by atoms with E-state index in [1.807, 2.05) is 0 Å². The summed E-state index contributed by atoms with van der Waals surface area (Å²) in [5, 5.41) is 0. The van der Waals surface area contributed by atoms with Gasteiger partial charge in [-0.3, -0.25) is 0 Å². The Morgan fingerprint density at radius 1 is 0.300 bits per heavy atom. The lowest BCUT2D eigenvalue weighted by molar-refractivity contribution is 1.40. The van der Waals surface area contributed by atoms with E-state index in [1.165, 1.54) is 44.5 Å². The molecule has 0 saturated carbocycles. The van der Waals surface area contributed by atoms with Crippen molar-refractivity contribution in [3.8, 4) is 0 Å². The molecule has 0 radical (unpaired) electrons. The maximum Gasteiger partial charge on any atom is -0.00326 e. The van der Waals surface area contributed by atoms with Crippen LogP contribution < -0.4 is 0 Å². The maximum atomic E-state index is 2.25. The normalized spacial score (nSPS) is 12.4. The Hall–Kier alpha value is -3.90. The van der Waals surface area contributed by atoms with E-state index in [1.54, 1.807) is 0 Å². The van der Waals surface area contributed by atoms with E-state index in [0.717, 1.165) is 0 Å². The van der Waals surface area contributed by atoms with Crippen molar-refractivity contribution in [3.05, 3.63) is 167 Å². The first-order valence-electron chi connectivity index (χ1n) is 10.3. The minimum Gasteiger partial charge on any atom is -0.0622 e. The maximum absolute atomic E-state index is 2.25. The summed E-state index contributed by atoms with van der Waals surface area (Å²) < 4.78 is 0. The van der Waals surface area contributed by atoms with E-state index in [4.69, 9.17) is 0 Å². The number of hydrogen-bond acceptors (Lipinski definition) is 0. The van der Waals surface area contributed by atoms with E-state index < -0.39 is 0 Å². The van der Waals surface area contributed by atoms with Gasteiger partial charge in [-0.1, -0.05) is 133 Å². The fourth-order valence-corrected chi connectivity index (χ4v) is 4.06. The summed E-state index contributed by atoms with van der Waals surface area (Å²) >= 11 is 0. The second-order valence-corrected chi connectivity index (χ2v) is 7.37. The van der Waals surface area contributed by atoms with Crippen molar-refractivity contribution in [1.29, 1.82) is 0 Å². The molecule has 0 heterocycles. The van der Waals surface area contributed by atoms with Gasteiger partial charge in [-0.2, -0.15) is 0 Å². The number of allylic oxidation sites excluding steroid dienone is 4. The Morgan fingerprint density at radius 2 is 0.533 bits per heavy atom. The smallest absolute Gasteiger partial charge is 0.00326 e. The van der Waals surface area contributed by atoms with Crippen LogP contribution in [0.4, 0.5) is 0 Å². The summed E-state index contributed by atoms with van der Waals surface area (Å²) in [7, 11) is 0. The molecule has 30 heavy (non-hydrogen) atoms. The monoisotopic (exact) mass is 382 g/mol. The standard InChI is InChI=1S/C30H22/c1-5-13-23(14-6-1)29(24-15-7-2-8-16-24)27-21-22-28(27)30(25-17-9-3-10-18-25)26-19-11-4-12-20-26/h1-22H. The van der Waals surface area contributed by atoms with Crippen molar-refractivity contribution in [3.63, 3.8) is 0 Å². The van der Waals surface area contributed by atoms with Gasteiger partial charge in [0.15, 0.2) is 0 Å². The highest BCUT2D eigenvalue weighted by atomic mass is 14.3. The minimum absolute atomic E-state index is 1.24. The van der Waals surface area contributed by atoms with Crippen molar-refractivity contribution < 1.29 is 0 Å². The van der Waals surface area contributed by atoms with Gasteiger partial charge in [0, 0.05) is 0 Å². The fourth-order valence-electron chi connectivity index (χ4n) is 4.06. The number of rotatable bonds is 4. The van der Waals surface area contributed by atoms with Crippen LogP contribution in [0.25, 0.3) is 11.1 Å². The topological polar surface area (TPSA) is 0 Å². The minimum atomic E-state index is 1.24. The lowest BCUT2D eigenvalue weighted by Gasteiger charge is -2.24. The van der Waals surface area contributed by atoms with Crippen molar-refractivity contribution >= 4 is 11.1 Å². The van der Waals surface area contributed by atoms with Crippen LogP contribution in [0.5, 0.6) is 0 Å². The summed E-state index contributed by atoms with van der Waals surface area (Å²) in [6, 6.07) is 42.8. The zero-order chi connectivity index (χ0) is 20.2. The molecule has 0 bridgehead atoms. The Balaban J connectivity index is 1.80. The van der Waals surface area contributed by atoms with Crippen LogP contribution in [-0.4, -0.2) is 0 Å². The highest BCUT2D eigenvalue weighted by Gasteiger charge is 2.22.